The summed E-state index contributed by atoms with van der Waals surface area (Å²) in [4.78, 5) is 2.29. The summed E-state index contributed by atoms with van der Waals surface area (Å²) >= 11 is 0. The van der Waals surface area contributed by atoms with Crippen LogP contribution in [0.2, 0.25) is 0 Å². The highest BCUT2D eigenvalue weighted by Gasteiger charge is 2.29. The average molecular weight is 220 g/mol. The number of ether oxygens (including phenoxy) is 2. The lowest BCUT2D eigenvalue weighted by Gasteiger charge is -2.19. The fourth-order valence-electron chi connectivity index (χ4n) is 2.55. The van der Waals surface area contributed by atoms with Gasteiger partial charge in [-0.3, -0.25) is 4.90 Å². The first-order valence-electron chi connectivity index (χ1n) is 5.59. The molecule has 1 aromatic carbocycles. The molecule has 4 heteroatoms. The van der Waals surface area contributed by atoms with Crippen molar-refractivity contribution in [3.8, 4) is 11.5 Å². The molecule has 16 heavy (non-hydrogen) atoms. The van der Waals surface area contributed by atoms with E-state index in [9.17, 15) is 0 Å². The van der Waals surface area contributed by atoms with Gasteiger partial charge < -0.3 is 15.2 Å². The third-order valence-corrected chi connectivity index (χ3v) is 3.36. The standard InChI is InChI=1S/C12H16N2O2/c1-14-6-9(13)5-10(14)8-2-3-11-12(4-8)16-7-15-11/h2-4,9-10H,5-7,13H2,1H3. The van der Waals surface area contributed by atoms with Gasteiger partial charge in [-0.1, -0.05) is 6.07 Å². The number of benzene rings is 1. The smallest absolute Gasteiger partial charge is 0.231 e. The van der Waals surface area contributed by atoms with Crippen LogP contribution in [0.15, 0.2) is 18.2 Å². The summed E-state index contributed by atoms with van der Waals surface area (Å²) in [6.45, 7) is 1.29. The van der Waals surface area contributed by atoms with Crippen LogP contribution in [0, 0.1) is 0 Å². The zero-order valence-electron chi connectivity index (χ0n) is 9.35. The Hall–Kier alpha value is -1.26. The highest BCUT2D eigenvalue weighted by molar-refractivity contribution is 5.45. The zero-order valence-corrected chi connectivity index (χ0v) is 9.35. The Labute approximate surface area is 94.9 Å². The third-order valence-electron chi connectivity index (χ3n) is 3.36. The molecular formula is C12H16N2O2. The molecule has 2 atom stereocenters. The highest BCUT2D eigenvalue weighted by atomic mass is 16.7. The number of rotatable bonds is 1. The Morgan fingerprint density at radius 3 is 2.88 bits per heavy atom. The van der Waals surface area contributed by atoms with Crippen LogP contribution in [-0.2, 0) is 0 Å². The molecule has 2 unspecified atom stereocenters. The van der Waals surface area contributed by atoms with E-state index in [-0.39, 0.29) is 6.04 Å². The van der Waals surface area contributed by atoms with E-state index in [1.165, 1.54) is 5.56 Å². The first-order chi connectivity index (χ1) is 7.74. The van der Waals surface area contributed by atoms with Crippen molar-refractivity contribution >= 4 is 0 Å². The first kappa shape index (κ1) is 9.93. The van der Waals surface area contributed by atoms with E-state index in [2.05, 4.69) is 24.1 Å². The van der Waals surface area contributed by atoms with Crippen LogP contribution in [0.1, 0.15) is 18.0 Å². The quantitative estimate of drug-likeness (QED) is 0.770. The minimum absolute atomic E-state index is 0.278. The van der Waals surface area contributed by atoms with Gasteiger partial charge in [0.1, 0.15) is 0 Å². The fourth-order valence-corrected chi connectivity index (χ4v) is 2.55. The van der Waals surface area contributed by atoms with E-state index in [1.807, 2.05) is 6.07 Å². The minimum Gasteiger partial charge on any atom is -0.454 e. The van der Waals surface area contributed by atoms with Crippen molar-refractivity contribution in [3.05, 3.63) is 23.8 Å². The Bertz CT molecular complexity index is 408. The van der Waals surface area contributed by atoms with Crippen molar-refractivity contribution in [2.24, 2.45) is 5.73 Å². The molecule has 1 aromatic rings. The second-order valence-corrected chi connectivity index (χ2v) is 4.56. The lowest BCUT2D eigenvalue weighted by atomic mass is 10.0. The lowest BCUT2D eigenvalue weighted by molar-refractivity contribution is 0.174. The summed E-state index contributed by atoms with van der Waals surface area (Å²) in [5.74, 6) is 1.69. The normalized spacial score (nSPS) is 28.6. The Balaban J connectivity index is 1.89. The van der Waals surface area contributed by atoms with Crippen LogP contribution in [0.4, 0.5) is 0 Å². The Morgan fingerprint density at radius 1 is 1.31 bits per heavy atom. The largest absolute Gasteiger partial charge is 0.454 e. The van der Waals surface area contributed by atoms with E-state index in [1.54, 1.807) is 0 Å². The Kier molecular flexibility index (Phi) is 2.26. The second kappa shape index (κ2) is 3.64. The summed E-state index contributed by atoms with van der Waals surface area (Å²) in [7, 11) is 2.11. The molecule has 0 amide bonds. The van der Waals surface area contributed by atoms with Gasteiger partial charge >= 0.3 is 0 Å². The summed E-state index contributed by atoms with van der Waals surface area (Å²) in [6, 6.07) is 6.84. The van der Waals surface area contributed by atoms with Gasteiger partial charge in [0.25, 0.3) is 0 Å². The van der Waals surface area contributed by atoms with Crippen LogP contribution in [0.25, 0.3) is 0 Å². The molecule has 1 saturated heterocycles. The number of likely N-dealkylation sites (N-methyl/N-ethyl adjacent to an activating group) is 1. The molecule has 2 N–H and O–H groups in total. The van der Waals surface area contributed by atoms with Gasteiger partial charge in [0.2, 0.25) is 6.79 Å². The van der Waals surface area contributed by atoms with Crippen LogP contribution in [-0.4, -0.2) is 31.3 Å². The molecule has 3 rings (SSSR count). The van der Waals surface area contributed by atoms with Crippen molar-refractivity contribution in [2.75, 3.05) is 20.4 Å². The molecule has 86 valence electrons. The molecule has 1 fully saturated rings. The van der Waals surface area contributed by atoms with Crippen LogP contribution >= 0.6 is 0 Å². The number of fused-ring (bicyclic) bond motifs is 1. The van der Waals surface area contributed by atoms with Gasteiger partial charge in [-0.2, -0.15) is 0 Å². The number of nitrogens with zero attached hydrogens (tertiary/aromatic N) is 1. The zero-order chi connectivity index (χ0) is 11.1. The third kappa shape index (κ3) is 1.54. The molecule has 0 spiro atoms. The van der Waals surface area contributed by atoms with Crippen molar-refractivity contribution in [1.82, 2.24) is 4.90 Å². The topological polar surface area (TPSA) is 47.7 Å². The van der Waals surface area contributed by atoms with Gasteiger partial charge in [-0.25, -0.2) is 0 Å². The van der Waals surface area contributed by atoms with Crippen molar-refractivity contribution < 1.29 is 9.47 Å². The minimum atomic E-state index is 0.278. The molecule has 2 heterocycles. The predicted octanol–water partition coefficient (Wildman–Crippen LogP) is 1.12. The lowest BCUT2D eigenvalue weighted by Crippen LogP contribution is -2.24. The van der Waals surface area contributed by atoms with Gasteiger partial charge in [0.05, 0.1) is 0 Å². The Morgan fingerprint density at radius 2 is 2.12 bits per heavy atom. The predicted molar refractivity (Wildman–Crippen MR) is 60.5 cm³/mol. The maximum Gasteiger partial charge on any atom is 0.231 e. The molecular weight excluding hydrogens is 204 g/mol. The van der Waals surface area contributed by atoms with Crippen LogP contribution in [0.3, 0.4) is 0 Å². The summed E-state index contributed by atoms with van der Waals surface area (Å²) in [5.41, 5.74) is 7.23. The number of hydrogen-bond acceptors (Lipinski definition) is 4. The summed E-state index contributed by atoms with van der Waals surface area (Å²) < 4.78 is 10.7. The van der Waals surface area contributed by atoms with Crippen molar-refractivity contribution in [2.45, 2.75) is 18.5 Å². The molecule has 0 bridgehead atoms. The highest BCUT2D eigenvalue weighted by Crippen LogP contribution is 2.37. The van der Waals surface area contributed by atoms with Crippen molar-refractivity contribution in [1.29, 1.82) is 0 Å². The molecule has 4 nitrogen and oxygen atoms in total. The molecule has 0 aromatic heterocycles. The van der Waals surface area contributed by atoms with Crippen molar-refractivity contribution in [3.63, 3.8) is 0 Å². The number of nitrogens with two attached hydrogens (primary N) is 1. The van der Waals surface area contributed by atoms with E-state index < -0.39 is 0 Å². The van der Waals surface area contributed by atoms with Gasteiger partial charge in [-0.15, -0.1) is 0 Å². The van der Waals surface area contributed by atoms with Gasteiger partial charge in [0.15, 0.2) is 11.5 Å². The summed E-state index contributed by atoms with van der Waals surface area (Å²) in [5, 5.41) is 0. The maximum absolute atomic E-state index is 5.97. The molecule has 0 aliphatic carbocycles. The van der Waals surface area contributed by atoms with Gasteiger partial charge in [0, 0.05) is 18.6 Å². The van der Waals surface area contributed by atoms with Crippen LogP contribution < -0.4 is 15.2 Å². The monoisotopic (exact) mass is 220 g/mol. The van der Waals surface area contributed by atoms with Gasteiger partial charge in [-0.05, 0) is 31.2 Å². The fraction of sp³-hybridized carbons (Fsp3) is 0.500. The van der Waals surface area contributed by atoms with Crippen LogP contribution in [0.5, 0.6) is 11.5 Å². The molecule has 2 aliphatic heterocycles. The molecule has 2 aliphatic rings. The van der Waals surface area contributed by atoms with E-state index in [0.717, 1.165) is 24.5 Å². The SMILES string of the molecule is CN1CC(N)CC1c1ccc2c(c1)OCO2. The second-order valence-electron chi connectivity index (χ2n) is 4.56. The number of hydrogen-bond donors (Lipinski definition) is 1. The summed E-state index contributed by atoms with van der Waals surface area (Å²) in [6.07, 6.45) is 1.01. The molecule has 0 saturated carbocycles. The average Bonchev–Trinajstić information content (AvgIpc) is 2.83. The number of likely N-dealkylation sites (tertiary alicyclic amines) is 1. The van der Waals surface area contributed by atoms with E-state index >= 15 is 0 Å². The van der Waals surface area contributed by atoms with E-state index in [4.69, 9.17) is 15.2 Å². The first-order valence-corrected chi connectivity index (χ1v) is 5.59. The molecule has 0 radical (unpaired) electrons. The maximum atomic E-state index is 5.97. The van der Waals surface area contributed by atoms with E-state index in [0.29, 0.717) is 12.8 Å².